The Morgan fingerprint density at radius 1 is 1.38 bits per heavy atom. The minimum absolute atomic E-state index is 0.0200. The molecule has 2 amide bonds. The summed E-state index contributed by atoms with van der Waals surface area (Å²) in [5.41, 5.74) is 2.43. The van der Waals surface area contributed by atoms with Gasteiger partial charge in [-0.3, -0.25) is 9.59 Å². The lowest BCUT2D eigenvalue weighted by Crippen LogP contribution is -2.37. The van der Waals surface area contributed by atoms with Crippen LogP contribution in [-0.4, -0.2) is 35.8 Å². The molecule has 0 aromatic heterocycles. The van der Waals surface area contributed by atoms with Crippen molar-refractivity contribution in [3.05, 3.63) is 35.4 Å². The Morgan fingerprint density at radius 3 is 2.86 bits per heavy atom. The average Bonchev–Trinajstić information content (AvgIpc) is 2.78. The molecule has 1 aliphatic heterocycles. The third kappa shape index (κ3) is 4.31. The summed E-state index contributed by atoms with van der Waals surface area (Å²) in [7, 11) is 0. The fraction of sp³-hybridized carbons (Fsp3) is 0.529. The van der Waals surface area contributed by atoms with Crippen molar-refractivity contribution < 1.29 is 9.59 Å². The molecular weight excluding hydrogens is 264 g/mol. The van der Waals surface area contributed by atoms with E-state index in [1.807, 2.05) is 17.0 Å². The van der Waals surface area contributed by atoms with E-state index >= 15 is 0 Å². The van der Waals surface area contributed by atoms with Crippen molar-refractivity contribution in [2.45, 2.75) is 45.6 Å². The van der Waals surface area contributed by atoms with E-state index in [1.165, 1.54) is 11.1 Å². The minimum Gasteiger partial charge on any atom is -0.351 e. The highest BCUT2D eigenvalue weighted by Gasteiger charge is 2.29. The molecule has 21 heavy (non-hydrogen) atoms. The summed E-state index contributed by atoms with van der Waals surface area (Å²) in [6, 6.07) is 8.11. The number of aryl methyl sites for hydroxylation is 2. The van der Waals surface area contributed by atoms with E-state index < -0.39 is 0 Å². The van der Waals surface area contributed by atoms with Crippen molar-refractivity contribution >= 4 is 11.8 Å². The maximum absolute atomic E-state index is 12.0. The van der Waals surface area contributed by atoms with Gasteiger partial charge < -0.3 is 10.2 Å². The average molecular weight is 288 g/mol. The number of hydrogen-bond acceptors (Lipinski definition) is 2. The summed E-state index contributed by atoms with van der Waals surface area (Å²) in [5, 5.41) is 2.99. The number of nitrogens with zero attached hydrogens (tertiary/aromatic N) is 1. The third-order valence-electron chi connectivity index (χ3n) is 3.96. The van der Waals surface area contributed by atoms with Gasteiger partial charge in [-0.25, -0.2) is 0 Å². The second-order valence-corrected chi connectivity index (χ2v) is 5.73. The molecule has 2 rings (SSSR count). The monoisotopic (exact) mass is 288 g/mol. The fourth-order valence-electron chi connectivity index (χ4n) is 2.79. The number of nitrogens with one attached hydrogen (secondary N) is 1. The largest absolute Gasteiger partial charge is 0.351 e. The maximum atomic E-state index is 12.0. The number of amides is 2. The molecule has 1 aromatic rings. The van der Waals surface area contributed by atoms with E-state index in [9.17, 15) is 9.59 Å². The molecule has 4 nitrogen and oxygen atoms in total. The van der Waals surface area contributed by atoms with Crippen LogP contribution in [0.3, 0.4) is 0 Å². The Hall–Kier alpha value is -1.84. The first-order chi connectivity index (χ1) is 10.1. The van der Waals surface area contributed by atoms with Gasteiger partial charge in [0, 0.05) is 25.9 Å². The van der Waals surface area contributed by atoms with Gasteiger partial charge in [0.15, 0.2) is 0 Å². The van der Waals surface area contributed by atoms with E-state index in [1.54, 1.807) is 0 Å². The third-order valence-corrected chi connectivity index (χ3v) is 3.96. The zero-order chi connectivity index (χ0) is 15.2. The summed E-state index contributed by atoms with van der Waals surface area (Å²) in [6.45, 7) is 5.56. The lowest BCUT2D eigenvalue weighted by Gasteiger charge is -2.16. The number of hydrogen-bond donors (Lipinski definition) is 1. The molecule has 1 saturated heterocycles. The number of benzene rings is 1. The highest BCUT2D eigenvalue weighted by atomic mass is 16.2. The summed E-state index contributed by atoms with van der Waals surface area (Å²) >= 11 is 0. The molecule has 114 valence electrons. The number of carbonyl (C=O) groups is 2. The molecule has 1 atom stereocenters. The van der Waals surface area contributed by atoms with Crippen LogP contribution < -0.4 is 5.32 Å². The lowest BCUT2D eigenvalue weighted by atomic mass is 10.0. The summed E-state index contributed by atoms with van der Waals surface area (Å²) in [6.07, 6.45) is 2.62. The van der Waals surface area contributed by atoms with Crippen molar-refractivity contribution in [3.63, 3.8) is 0 Å². The van der Waals surface area contributed by atoms with Crippen LogP contribution in [0.25, 0.3) is 0 Å². The molecule has 0 radical (unpaired) electrons. The molecule has 0 unspecified atom stereocenters. The van der Waals surface area contributed by atoms with Crippen LogP contribution in [0.5, 0.6) is 0 Å². The fourth-order valence-corrected chi connectivity index (χ4v) is 2.79. The van der Waals surface area contributed by atoms with Gasteiger partial charge in [0.05, 0.1) is 6.04 Å². The van der Waals surface area contributed by atoms with Crippen molar-refractivity contribution in [3.8, 4) is 0 Å². The molecule has 1 aliphatic rings. The molecule has 0 aliphatic carbocycles. The molecule has 1 heterocycles. The van der Waals surface area contributed by atoms with Gasteiger partial charge in [0.25, 0.3) is 0 Å². The first-order valence-corrected chi connectivity index (χ1v) is 7.71. The Bertz CT molecular complexity index is 513. The van der Waals surface area contributed by atoms with E-state index in [0.717, 1.165) is 19.4 Å². The van der Waals surface area contributed by atoms with Gasteiger partial charge in [-0.1, -0.05) is 31.2 Å². The van der Waals surface area contributed by atoms with Gasteiger partial charge in [0.2, 0.25) is 11.8 Å². The van der Waals surface area contributed by atoms with E-state index in [2.05, 4.69) is 31.3 Å². The molecule has 4 heteroatoms. The molecule has 1 N–H and O–H groups in total. The summed E-state index contributed by atoms with van der Waals surface area (Å²) in [4.78, 5) is 25.6. The highest BCUT2D eigenvalue weighted by Crippen LogP contribution is 2.13. The molecule has 1 aromatic carbocycles. The quantitative estimate of drug-likeness (QED) is 0.871. The van der Waals surface area contributed by atoms with Crippen molar-refractivity contribution in [1.82, 2.24) is 10.2 Å². The van der Waals surface area contributed by atoms with E-state index in [-0.39, 0.29) is 17.9 Å². The van der Waals surface area contributed by atoms with Crippen LogP contribution >= 0.6 is 0 Å². The van der Waals surface area contributed by atoms with E-state index in [4.69, 9.17) is 0 Å². The molecular formula is C17H24N2O2. The van der Waals surface area contributed by atoms with Gasteiger partial charge in [0.1, 0.15) is 0 Å². The molecule has 0 bridgehead atoms. The Kier molecular flexibility index (Phi) is 5.37. The topological polar surface area (TPSA) is 49.4 Å². The van der Waals surface area contributed by atoms with E-state index in [0.29, 0.717) is 19.4 Å². The van der Waals surface area contributed by atoms with Crippen LogP contribution in [-0.2, 0) is 16.0 Å². The zero-order valence-corrected chi connectivity index (χ0v) is 12.9. The first-order valence-electron chi connectivity index (χ1n) is 7.71. The number of likely N-dealkylation sites (tertiary alicyclic amines) is 1. The first kappa shape index (κ1) is 15.5. The second kappa shape index (κ2) is 7.25. The lowest BCUT2D eigenvalue weighted by molar-refractivity contribution is -0.127. The van der Waals surface area contributed by atoms with Crippen molar-refractivity contribution in [2.75, 3.05) is 13.1 Å². The molecule has 0 spiro atoms. The summed E-state index contributed by atoms with van der Waals surface area (Å²) in [5.74, 6) is 0.190. The SMILES string of the molecule is CCCN1C[C@H](NC(=O)CCc2ccccc2C)CC1=O. The summed E-state index contributed by atoms with van der Waals surface area (Å²) < 4.78 is 0. The maximum Gasteiger partial charge on any atom is 0.224 e. The van der Waals surface area contributed by atoms with Crippen LogP contribution in [0.4, 0.5) is 0 Å². The molecule has 0 saturated carbocycles. The van der Waals surface area contributed by atoms with Gasteiger partial charge in [-0.05, 0) is 30.9 Å². The zero-order valence-electron chi connectivity index (χ0n) is 12.9. The molecule has 1 fully saturated rings. The van der Waals surface area contributed by atoms with Crippen LogP contribution in [0.15, 0.2) is 24.3 Å². The predicted octanol–water partition coefficient (Wildman–Crippen LogP) is 2.05. The van der Waals surface area contributed by atoms with Gasteiger partial charge in [-0.2, -0.15) is 0 Å². The van der Waals surface area contributed by atoms with Gasteiger partial charge >= 0.3 is 0 Å². The van der Waals surface area contributed by atoms with Gasteiger partial charge in [-0.15, -0.1) is 0 Å². The Balaban J connectivity index is 1.78. The number of carbonyl (C=O) groups excluding carboxylic acids is 2. The minimum atomic E-state index is -0.0200. The van der Waals surface area contributed by atoms with Crippen LogP contribution in [0.2, 0.25) is 0 Å². The standard InChI is InChI=1S/C17H24N2O2/c1-3-10-19-12-15(11-17(19)21)18-16(20)9-8-14-7-5-4-6-13(14)2/h4-7,15H,3,8-12H2,1-2H3,(H,18,20)/t15-/m1/s1. The Morgan fingerprint density at radius 2 is 2.14 bits per heavy atom. The number of rotatable bonds is 6. The van der Waals surface area contributed by atoms with Crippen LogP contribution in [0, 0.1) is 6.92 Å². The Labute approximate surface area is 126 Å². The predicted molar refractivity (Wildman–Crippen MR) is 82.9 cm³/mol. The highest BCUT2D eigenvalue weighted by molar-refractivity contribution is 5.82. The van der Waals surface area contributed by atoms with Crippen LogP contribution in [0.1, 0.15) is 37.3 Å². The normalized spacial score (nSPS) is 18.1. The van der Waals surface area contributed by atoms with Crippen molar-refractivity contribution in [1.29, 1.82) is 0 Å². The smallest absolute Gasteiger partial charge is 0.224 e. The van der Waals surface area contributed by atoms with Crippen molar-refractivity contribution in [2.24, 2.45) is 0 Å². The second-order valence-electron chi connectivity index (χ2n) is 5.73.